The van der Waals surface area contributed by atoms with E-state index in [9.17, 15) is 18.3 Å². The number of phenolic OH excluding ortho intramolecular Hbond substituents is 1. The topological polar surface area (TPSA) is 131 Å². The summed E-state index contributed by atoms with van der Waals surface area (Å²) in [4.78, 5) is 11.3. The number of nitrogens with two attached hydrogens (primary N) is 1. The molecule has 0 radical (unpaired) electrons. The van der Waals surface area contributed by atoms with Gasteiger partial charge in [0.25, 0.3) is 0 Å². The summed E-state index contributed by atoms with van der Waals surface area (Å²) in [6.07, 6.45) is 1.65. The molecule has 0 heterocycles. The Kier molecular flexibility index (Phi) is 9.07. The van der Waals surface area contributed by atoms with E-state index < -0.39 is 15.8 Å². The van der Waals surface area contributed by atoms with E-state index in [0.717, 1.165) is 16.7 Å². The van der Waals surface area contributed by atoms with Crippen LogP contribution in [0.25, 0.3) is 5.57 Å². The molecule has 2 rings (SSSR count). The quantitative estimate of drug-likeness (QED) is 0.244. The first-order chi connectivity index (χ1) is 13.6. The highest BCUT2D eigenvalue weighted by atomic mass is 35.5. The van der Waals surface area contributed by atoms with Gasteiger partial charge in [-0.3, -0.25) is 5.41 Å². The number of carbonyl (C=O) groups excluding carboxylic acids is 1. The van der Waals surface area contributed by atoms with E-state index >= 15 is 0 Å². The van der Waals surface area contributed by atoms with Gasteiger partial charge in [0.15, 0.2) is 9.84 Å². The van der Waals surface area contributed by atoms with Crippen molar-refractivity contribution in [1.82, 2.24) is 0 Å². The van der Waals surface area contributed by atoms with E-state index in [1.54, 1.807) is 38.1 Å². The fraction of sp³-hybridized carbons (Fsp3) is 0.238. The largest absolute Gasteiger partial charge is 0.507 e. The lowest BCUT2D eigenvalue weighted by Gasteiger charge is -2.09. The summed E-state index contributed by atoms with van der Waals surface area (Å²) in [6.45, 7) is 3.84. The first kappa shape index (κ1) is 25.2. The number of benzene rings is 2. The number of sulfone groups is 1. The summed E-state index contributed by atoms with van der Waals surface area (Å²) in [5, 5.41) is 17.4. The third-order valence-corrected chi connectivity index (χ3v) is 6.03. The van der Waals surface area contributed by atoms with Gasteiger partial charge in [-0.2, -0.15) is 0 Å². The molecule has 162 valence electrons. The average molecular weight is 453 g/mol. The minimum atomic E-state index is -3.77. The van der Waals surface area contributed by atoms with Gasteiger partial charge < -0.3 is 15.6 Å². The molecule has 2 aromatic carbocycles. The van der Waals surface area contributed by atoms with Crippen LogP contribution in [0.1, 0.15) is 30.5 Å². The Morgan fingerprint density at radius 2 is 1.77 bits per heavy atom. The zero-order valence-electron chi connectivity index (χ0n) is 16.7. The van der Waals surface area contributed by atoms with E-state index in [2.05, 4.69) is 0 Å². The molecule has 0 aromatic heterocycles. The van der Waals surface area contributed by atoms with Crippen LogP contribution < -0.4 is 5.73 Å². The third-order valence-electron chi connectivity index (χ3n) is 4.30. The maximum Gasteiger partial charge on any atom is 0.331 e. The average Bonchev–Trinajstić information content (AvgIpc) is 2.67. The van der Waals surface area contributed by atoms with E-state index in [0.29, 0.717) is 6.61 Å². The zero-order chi connectivity index (χ0) is 21.6. The summed E-state index contributed by atoms with van der Waals surface area (Å²) in [5.41, 5.74) is 8.00. The maximum atomic E-state index is 12.6. The molecule has 0 unspecified atom stereocenters. The summed E-state index contributed by atoms with van der Waals surface area (Å²) in [6, 6.07) is 11.0. The van der Waals surface area contributed by atoms with Crippen LogP contribution in [-0.2, 0) is 25.8 Å². The number of nitrogen functional groups attached to an aromatic ring is 1. The minimum absolute atomic E-state index is 0. The number of phenols is 1. The Hall–Kier alpha value is -2.84. The van der Waals surface area contributed by atoms with Crippen LogP contribution in [0.5, 0.6) is 5.75 Å². The van der Waals surface area contributed by atoms with Crippen LogP contribution in [0.2, 0.25) is 0 Å². The molecule has 2 aromatic rings. The zero-order valence-corrected chi connectivity index (χ0v) is 18.3. The van der Waals surface area contributed by atoms with Crippen molar-refractivity contribution < 1.29 is 23.1 Å². The van der Waals surface area contributed by atoms with Gasteiger partial charge in [-0.1, -0.05) is 24.3 Å². The number of amidine groups is 1. The van der Waals surface area contributed by atoms with Crippen LogP contribution >= 0.6 is 12.4 Å². The molecule has 0 amide bonds. The molecular weight excluding hydrogens is 428 g/mol. The van der Waals surface area contributed by atoms with Crippen molar-refractivity contribution >= 4 is 39.6 Å². The Labute approximate surface area is 182 Å². The van der Waals surface area contributed by atoms with Gasteiger partial charge in [-0.15, -0.1) is 12.4 Å². The number of esters is 1. The smallest absolute Gasteiger partial charge is 0.331 e. The molecule has 0 saturated heterocycles. The Morgan fingerprint density at radius 3 is 2.33 bits per heavy atom. The third kappa shape index (κ3) is 6.60. The maximum absolute atomic E-state index is 12.6. The predicted molar refractivity (Wildman–Crippen MR) is 119 cm³/mol. The van der Waals surface area contributed by atoms with Crippen molar-refractivity contribution in [3.8, 4) is 5.75 Å². The van der Waals surface area contributed by atoms with Gasteiger partial charge in [-0.25, -0.2) is 13.2 Å². The van der Waals surface area contributed by atoms with Crippen molar-refractivity contribution in [3.05, 3.63) is 65.2 Å². The van der Waals surface area contributed by atoms with E-state index in [4.69, 9.17) is 15.9 Å². The second-order valence-corrected chi connectivity index (χ2v) is 8.52. The highest BCUT2D eigenvalue weighted by Crippen LogP contribution is 2.25. The normalized spacial score (nSPS) is 11.5. The second kappa shape index (κ2) is 10.8. The van der Waals surface area contributed by atoms with E-state index in [1.165, 1.54) is 24.3 Å². The lowest BCUT2D eigenvalue weighted by atomic mass is 10.0. The molecule has 7 nitrogen and oxygen atoms in total. The van der Waals surface area contributed by atoms with Crippen molar-refractivity contribution in [3.63, 3.8) is 0 Å². The lowest BCUT2D eigenvalue weighted by Crippen LogP contribution is -2.14. The number of ether oxygens (including phenoxy) is 1. The fourth-order valence-electron chi connectivity index (χ4n) is 2.67. The van der Waals surface area contributed by atoms with Crippen LogP contribution in [0.15, 0.2) is 53.4 Å². The SMILES string of the molecule is CCOC(=O)/C=C(/C)c1ccc(CCS(=O)(=O)c2cc(C(=N)N)ccc2O)cc1.Cl. The van der Waals surface area contributed by atoms with Crippen LogP contribution in [0.3, 0.4) is 0 Å². The first-order valence-corrected chi connectivity index (χ1v) is 10.6. The standard InChI is InChI=1S/C21H24N2O5S.ClH/c1-3-28-20(25)12-14(2)16-6-4-15(5-7-16)10-11-29(26,27)19-13-17(21(22)23)8-9-18(19)24;/h4-9,12-13,24H,3,10-11H2,1-2H3,(H3,22,23);1H/b14-12-;. The van der Waals surface area contributed by atoms with Crippen molar-refractivity contribution in [1.29, 1.82) is 5.41 Å². The molecule has 0 spiro atoms. The van der Waals surface area contributed by atoms with Crippen LogP contribution in [0, 0.1) is 5.41 Å². The number of halogens is 1. The highest BCUT2D eigenvalue weighted by molar-refractivity contribution is 7.91. The van der Waals surface area contributed by atoms with Crippen molar-refractivity contribution in [2.24, 2.45) is 5.73 Å². The van der Waals surface area contributed by atoms with Gasteiger partial charge in [0, 0.05) is 11.6 Å². The number of rotatable bonds is 8. The molecule has 9 heteroatoms. The van der Waals surface area contributed by atoms with Gasteiger partial charge in [-0.05, 0) is 55.2 Å². The van der Waals surface area contributed by atoms with Gasteiger partial charge in [0.2, 0.25) is 0 Å². The summed E-state index contributed by atoms with van der Waals surface area (Å²) in [7, 11) is -3.77. The number of nitrogens with one attached hydrogen (secondary N) is 1. The Morgan fingerprint density at radius 1 is 1.17 bits per heavy atom. The molecule has 0 aliphatic carbocycles. The summed E-state index contributed by atoms with van der Waals surface area (Å²) < 4.78 is 30.1. The number of hydrogen-bond acceptors (Lipinski definition) is 6. The second-order valence-electron chi connectivity index (χ2n) is 6.44. The van der Waals surface area contributed by atoms with E-state index in [-0.39, 0.29) is 46.6 Å². The van der Waals surface area contributed by atoms with Gasteiger partial charge in [0.05, 0.1) is 12.4 Å². The molecular formula is C21H25ClN2O5S. The lowest BCUT2D eigenvalue weighted by molar-refractivity contribution is -0.137. The number of aryl methyl sites for hydroxylation is 1. The number of allylic oxidation sites excluding steroid dienone is 1. The monoisotopic (exact) mass is 452 g/mol. The Bertz CT molecular complexity index is 1050. The predicted octanol–water partition coefficient (Wildman–Crippen LogP) is 3.08. The molecule has 0 atom stereocenters. The van der Waals surface area contributed by atoms with Crippen LogP contribution in [0.4, 0.5) is 0 Å². The molecule has 0 saturated carbocycles. The summed E-state index contributed by atoms with van der Waals surface area (Å²) in [5.74, 6) is -1.26. The van der Waals surface area contributed by atoms with Crippen molar-refractivity contribution in [2.45, 2.75) is 25.2 Å². The summed E-state index contributed by atoms with van der Waals surface area (Å²) >= 11 is 0. The number of hydrogen-bond donors (Lipinski definition) is 3. The van der Waals surface area contributed by atoms with Crippen molar-refractivity contribution in [2.75, 3.05) is 12.4 Å². The van der Waals surface area contributed by atoms with Crippen LogP contribution in [-0.4, -0.2) is 37.7 Å². The Balaban J connectivity index is 0.00000450. The molecule has 30 heavy (non-hydrogen) atoms. The van der Waals surface area contributed by atoms with Gasteiger partial charge in [0.1, 0.15) is 16.5 Å². The molecule has 0 aliphatic heterocycles. The fourth-order valence-corrected chi connectivity index (χ4v) is 4.09. The number of aromatic hydroxyl groups is 1. The number of carbonyl (C=O) groups is 1. The van der Waals surface area contributed by atoms with Gasteiger partial charge >= 0.3 is 5.97 Å². The molecule has 0 fully saturated rings. The van der Waals surface area contributed by atoms with E-state index in [1.807, 2.05) is 0 Å². The minimum Gasteiger partial charge on any atom is -0.507 e. The molecule has 0 aliphatic rings. The first-order valence-electron chi connectivity index (χ1n) is 8.98. The molecule has 4 N–H and O–H groups in total. The molecule has 0 bridgehead atoms. The highest BCUT2D eigenvalue weighted by Gasteiger charge is 2.20.